The van der Waals surface area contributed by atoms with Gasteiger partial charge in [0.2, 0.25) is 16.0 Å². The lowest BCUT2D eigenvalue weighted by Gasteiger charge is -2.22. The van der Waals surface area contributed by atoms with Crippen LogP contribution in [0.25, 0.3) is 17.1 Å². The van der Waals surface area contributed by atoms with Gasteiger partial charge < -0.3 is 14.2 Å². The molecule has 194 valence electrons. The molecule has 0 bridgehead atoms. The lowest BCUT2D eigenvalue weighted by molar-refractivity contribution is 0.0950. The van der Waals surface area contributed by atoms with Gasteiger partial charge in [0.05, 0.1) is 19.2 Å². The van der Waals surface area contributed by atoms with Crippen LogP contribution < -0.4 is 14.2 Å². The summed E-state index contributed by atoms with van der Waals surface area (Å²) in [4.78, 5) is 12.4. The number of sulfonamides is 1. The summed E-state index contributed by atoms with van der Waals surface area (Å²) in [6.45, 7) is 1.47. The Morgan fingerprint density at radius 1 is 0.973 bits per heavy atom. The standard InChI is InChI=1S/C23H24ClN7O5S/c1-14(20(36-4)21-26-12-16(24)13-27-21)37(32,33)30-23-29-28-22(15-7-6-10-25-11-15)31(23)19-17(34-2)8-5-9-18(19)35-3/h5-14,20H,1-4H3,(H,29,30)/t14-,20-/m1/s1. The van der Waals surface area contributed by atoms with Crippen molar-refractivity contribution >= 4 is 27.6 Å². The summed E-state index contributed by atoms with van der Waals surface area (Å²) in [6.07, 6.45) is 4.94. The molecule has 0 aliphatic carbocycles. The van der Waals surface area contributed by atoms with Gasteiger partial charge in [0, 0.05) is 37.5 Å². The van der Waals surface area contributed by atoms with Crippen LogP contribution in [0, 0.1) is 0 Å². The molecule has 0 aliphatic heterocycles. The maximum Gasteiger partial charge on any atom is 0.243 e. The summed E-state index contributed by atoms with van der Waals surface area (Å²) >= 11 is 5.87. The minimum atomic E-state index is -4.13. The Kier molecular flexibility index (Phi) is 7.86. The zero-order valence-electron chi connectivity index (χ0n) is 20.4. The number of pyridine rings is 1. The van der Waals surface area contributed by atoms with Crippen LogP contribution in [0.4, 0.5) is 5.95 Å². The van der Waals surface area contributed by atoms with E-state index in [4.69, 9.17) is 25.8 Å². The predicted octanol–water partition coefficient (Wildman–Crippen LogP) is 3.31. The molecule has 0 radical (unpaired) electrons. The minimum absolute atomic E-state index is 0.0969. The zero-order valence-corrected chi connectivity index (χ0v) is 21.9. The van der Waals surface area contributed by atoms with E-state index in [1.54, 1.807) is 42.7 Å². The second kappa shape index (κ2) is 11.1. The average Bonchev–Trinajstić information content (AvgIpc) is 3.32. The minimum Gasteiger partial charge on any atom is -0.494 e. The Balaban J connectivity index is 1.83. The van der Waals surface area contributed by atoms with Gasteiger partial charge in [-0.15, -0.1) is 10.2 Å². The summed E-state index contributed by atoms with van der Waals surface area (Å²) in [5.74, 6) is 1.18. The topological polar surface area (TPSA) is 143 Å². The number of hydrogen-bond acceptors (Lipinski definition) is 10. The highest BCUT2D eigenvalue weighted by Gasteiger charge is 2.35. The van der Waals surface area contributed by atoms with Crippen LogP contribution in [-0.2, 0) is 14.8 Å². The number of para-hydroxylation sites is 1. The molecule has 12 nitrogen and oxygen atoms in total. The van der Waals surface area contributed by atoms with Crippen LogP contribution in [0.3, 0.4) is 0 Å². The van der Waals surface area contributed by atoms with Crippen molar-refractivity contribution in [1.29, 1.82) is 0 Å². The van der Waals surface area contributed by atoms with E-state index >= 15 is 0 Å². The van der Waals surface area contributed by atoms with Gasteiger partial charge in [-0.2, -0.15) is 0 Å². The van der Waals surface area contributed by atoms with Gasteiger partial charge in [-0.05, 0) is 31.2 Å². The molecule has 1 N–H and O–H groups in total. The quantitative estimate of drug-likeness (QED) is 0.315. The Morgan fingerprint density at radius 3 is 2.22 bits per heavy atom. The van der Waals surface area contributed by atoms with Crippen LogP contribution in [0.2, 0.25) is 5.02 Å². The number of hydrogen-bond donors (Lipinski definition) is 1. The van der Waals surface area contributed by atoms with Crippen LogP contribution in [0.15, 0.2) is 55.1 Å². The van der Waals surface area contributed by atoms with Gasteiger partial charge in [0.25, 0.3) is 0 Å². The first kappa shape index (κ1) is 26.3. The molecule has 0 amide bonds. The third kappa shape index (κ3) is 5.33. The van der Waals surface area contributed by atoms with Gasteiger partial charge in [0.1, 0.15) is 28.5 Å². The smallest absolute Gasteiger partial charge is 0.243 e. The molecule has 1 aromatic carbocycles. The van der Waals surface area contributed by atoms with Crippen molar-refractivity contribution in [2.75, 3.05) is 26.1 Å². The van der Waals surface area contributed by atoms with E-state index in [0.717, 1.165) is 0 Å². The van der Waals surface area contributed by atoms with Gasteiger partial charge >= 0.3 is 0 Å². The van der Waals surface area contributed by atoms with Crippen LogP contribution in [0.5, 0.6) is 11.5 Å². The molecule has 4 rings (SSSR count). The van der Waals surface area contributed by atoms with E-state index in [1.165, 1.54) is 45.2 Å². The number of nitrogens with one attached hydrogen (secondary N) is 1. The lowest BCUT2D eigenvalue weighted by Crippen LogP contribution is -2.33. The Hall–Kier alpha value is -3.81. The fourth-order valence-electron chi connectivity index (χ4n) is 3.66. The summed E-state index contributed by atoms with van der Waals surface area (Å²) < 4.78 is 47.7. The molecule has 0 aliphatic rings. The molecule has 3 aromatic heterocycles. The molecule has 0 saturated heterocycles. The molecule has 0 fully saturated rings. The lowest BCUT2D eigenvalue weighted by atomic mass is 10.2. The molecule has 0 unspecified atom stereocenters. The summed E-state index contributed by atoms with van der Waals surface area (Å²) in [6, 6.07) is 8.68. The number of aromatic nitrogens is 6. The molecule has 0 spiro atoms. The molecular weight excluding hydrogens is 522 g/mol. The number of rotatable bonds is 10. The molecule has 0 saturated carbocycles. The SMILES string of the molecule is COc1cccc(OC)c1-n1c(NS(=O)(=O)[C@H](C)[C@@H](OC)c2ncc(Cl)cn2)nnc1-c1cccnc1. The summed E-state index contributed by atoms with van der Waals surface area (Å²) in [5, 5.41) is 7.59. The molecule has 14 heteroatoms. The first-order valence-electron chi connectivity index (χ1n) is 10.9. The number of nitrogens with zero attached hydrogens (tertiary/aromatic N) is 6. The molecule has 3 heterocycles. The number of halogens is 1. The monoisotopic (exact) mass is 545 g/mol. The van der Waals surface area contributed by atoms with E-state index in [0.29, 0.717) is 33.6 Å². The highest BCUT2D eigenvalue weighted by molar-refractivity contribution is 7.93. The highest BCUT2D eigenvalue weighted by Crippen LogP contribution is 2.38. The normalized spacial score (nSPS) is 13.1. The summed E-state index contributed by atoms with van der Waals surface area (Å²) in [5.41, 5.74) is 0.983. The van der Waals surface area contributed by atoms with E-state index < -0.39 is 21.4 Å². The molecule has 2 atom stereocenters. The van der Waals surface area contributed by atoms with E-state index in [1.807, 2.05) is 0 Å². The van der Waals surface area contributed by atoms with Crippen molar-refractivity contribution < 1.29 is 22.6 Å². The maximum atomic E-state index is 13.6. The largest absolute Gasteiger partial charge is 0.494 e. The van der Waals surface area contributed by atoms with Gasteiger partial charge in [-0.1, -0.05) is 17.7 Å². The Labute approximate surface area is 218 Å². The van der Waals surface area contributed by atoms with E-state index in [-0.39, 0.29) is 11.8 Å². The molecular formula is C23H24ClN7O5S. The fraction of sp³-hybridized carbons (Fsp3) is 0.261. The van der Waals surface area contributed by atoms with E-state index in [2.05, 4.69) is 29.9 Å². The van der Waals surface area contributed by atoms with Gasteiger partial charge in [-0.3, -0.25) is 14.3 Å². The fourth-order valence-corrected chi connectivity index (χ4v) is 4.88. The Bertz CT molecular complexity index is 1440. The number of anilines is 1. The van der Waals surface area contributed by atoms with Crippen molar-refractivity contribution in [3.05, 3.63) is 66.0 Å². The Morgan fingerprint density at radius 2 is 1.65 bits per heavy atom. The third-order valence-electron chi connectivity index (χ3n) is 5.51. The third-order valence-corrected chi connectivity index (χ3v) is 7.39. The molecule has 4 aromatic rings. The average molecular weight is 546 g/mol. The van der Waals surface area contributed by atoms with Crippen LogP contribution in [0.1, 0.15) is 18.9 Å². The van der Waals surface area contributed by atoms with Crippen LogP contribution in [-0.4, -0.2) is 64.7 Å². The second-order valence-electron chi connectivity index (χ2n) is 7.70. The van der Waals surface area contributed by atoms with Crippen molar-refractivity contribution in [3.8, 4) is 28.6 Å². The van der Waals surface area contributed by atoms with Crippen LogP contribution >= 0.6 is 11.6 Å². The maximum absolute atomic E-state index is 13.6. The summed E-state index contributed by atoms with van der Waals surface area (Å²) in [7, 11) is 0.230. The van der Waals surface area contributed by atoms with Gasteiger partial charge in [0.15, 0.2) is 11.6 Å². The number of benzene rings is 1. The predicted molar refractivity (Wildman–Crippen MR) is 136 cm³/mol. The zero-order chi connectivity index (χ0) is 26.6. The number of ether oxygens (including phenoxy) is 3. The van der Waals surface area contributed by atoms with E-state index in [9.17, 15) is 8.42 Å². The highest BCUT2D eigenvalue weighted by atomic mass is 35.5. The first-order chi connectivity index (χ1) is 17.8. The number of methoxy groups -OCH3 is 3. The van der Waals surface area contributed by atoms with Crippen molar-refractivity contribution in [2.45, 2.75) is 18.3 Å². The first-order valence-corrected chi connectivity index (χ1v) is 12.8. The van der Waals surface area contributed by atoms with Crippen molar-refractivity contribution in [3.63, 3.8) is 0 Å². The second-order valence-corrected chi connectivity index (χ2v) is 10.2. The van der Waals surface area contributed by atoms with Gasteiger partial charge in [-0.25, -0.2) is 18.4 Å². The van der Waals surface area contributed by atoms with Crippen molar-refractivity contribution in [1.82, 2.24) is 29.7 Å². The molecule has 37 heavy (non-hydrogen) atoms. The van der Waals surface area contributed by atoms with Crippen molar-refractivity contribution in [2.24, 2.45) is 0 Å².